The van der Waals surface area contributed by atoms with Crippen LogP contribution in [0.15, 0.2) is 45.3 Å². The van der Waals surface area contributed by atoms with Gasteiger partial charge in [-0.1, -0.05) is 58.0 Å². The van der Waals surface area contributed by atoms with Gasteiger partial charge in [0.2, 0.25) is 0 Å². The summed E-state index contributed by atoms with van der Waals surface area (Å²) in [4.78, 5) is 24.6. The summed E-state index contributed by atoms with van der Waals surface area (Å²) in [6.07, 6.45) is 4.32. The van der Waals surface area contributed by atoms with Gasteiger partial charge in [0.05, 0.1) is 12.2 Å². The van der Waals surface area contributed by atoms with Gasteiger partial charge in [0.1, 0.15) is 11.5 Å². The number of hydrogen-bond donors (Lipinski definition) is 2. The number of hydrazine groups is 1. The molecule has 0 aromatic heterocycles. The summed E-state index contributed by atoms with van der Waals surface area (Å²) in [7, 11) is 0. The van der Waals surface area contributed by atoms with E-state index >= 15 is 0 Å². The lowest BCUT2D eigenvalue weighted by Gasteiger charge is -2.13. The van der Waals surface area contributed by atoms with E-state index in [9.17, 15) is 9.59 Å². The van der Waals surface area contributed by atoms with Crippen LogP contribution >= 0.6 is 31.9 Å². The summed E-state index contributed by atoms with van der Waals surface area (Å²) >= 11 is 6.74. The number of amides is 2. The normalized spacial score (nSPS) is 10.4. The molecule has 0 heterocycles. The lowest BCUT2D eigenvalue weighted by molar-refractivity contribution is -0.123. The fourth-order valence-electron chi connectivity index (χ4n) is 2.66. The number of rotatable bonds is 10. The van der Waals surface area contributed by atoms with Crippen molar-refractivity contribution in [3.63, 3.8) is 0 Å². The standard InChI is InChI=1S/C22H26Br2N2O4/c1-3-4-5-6-11-29-20-10-8-17(24)13-18(20)22(28)26-25-21(27)14-30-19-9-7-16(23)12-15(19)2/h7-10,12-13H,3-6,11,14H2,1-2H3,(H,25,27)(H,26,28). The molecule has 2 rings (SSSR count). The monoisotopic (exact) mass is 540 g/mol. The van der Waals surface area contributed by atoms with Gasteiger partial charge in [-0.15, -0.1) is 0 Å². The van der Waals surface area contributed by atoms with Crippen molar-refractivity contribution >= 4 is 43.7 Å². The number of aryl methyl sites for hydroxylation is 1. The Morgan fingerprint density at radius 3 is 2.30 bits per heavy atom. The highest BCUT2D eigenvalue weighted by Gasteiger charge is 2.15. The van der Waals surface area contributed by atoms with Gasteiger partial charge >= 0.3 is 0 Å². The zero-order chi connectivity index (χ0) is 21.9. The molecule has 6 nitrogen and oxygen atoms in total. The smallest absolute Gasteiger partial charge is 0.276 e. The summed E-state index contributed by atoms with van der Waals surface area (Å²) in [6.45, 7) is 4.35. The summed E-state index contributed by atoms with van der Waals surface area (Å²) in [5, 5.41) is 0. The second-order valence-electron chi connectivity index (χ2n) is 6.75. The number of carbonyl (C=O) groups excluding carboxylic acids is 2. The first kappa shape index (κ1) is 24.2. The van der Waals surface area contributed by atoms with Crippen LogP contribution in [-0.2, 0) is 4.79 Å². The van der Waals surface area contributed by atoms with Crippen LogP contribution in [0, 0.1) is 6.92 Å². The van der Waals surface area contributed by atoms with E-state index in [0.717, 1.165) is 40.2 Å². The lowest BCUT2D eigenvalue weighted by atomic mass is 10.2. The molecule has 2 amide bonds. The Hall–Kier alpha value is -2.06. The average molecular weight is 542 g/mol. The van der Waals surface area contributed by atoms with E-state index in [1.54, 1.807) is 18.2 Å². The van der Waals surface area contributed by atoms with Gasteiger partial charge in [0.15, 0.2) is 6.61 Å². The molecule has 2 aromatic rings. The number of hydrogen-bond acceptors (Lipinski definition) is 4. The largest absolute Gasteiger partial charge is 0.493 e. The van der Waals surface area contributed by atoms with Crippen molar-refractivity contribution in [1.82, 2.24) is 10.9 Å². The van der Waals surface area contributed by atoms with Crippen LogP contribution in [0.3, 0.4) is 0 Å². The van der Waals surface area contributed by atoms with Crippen molar-refractivity contribution in [2.24, 2.45) is 0 Å². The first-order chi connectivity index (χ1) is 14.4. The lowest BCUT2D eigenvalue weighted by Crippen LogP contribution is -2.44. The van der Waals surface area contributed by atoms with E-state index in [1.807, 2.05) is 25.1 Å². The molecule has 0 aliphatic rings. The van der Waals surface area contributed by atoms with Gasteiger partial charge in [-0.3, -0.25) is 20.4 Å². The van der Waals surface area contributed by atoms with Crippen LogP contribution in [0.4, 0.5) is 0 Å². The van der Waals surface area contributed by atoms with Crippen LogP contribution in [-0.4, -0.2) is 25.0 Å². The molecule has 0 saturated carbocycles. The van der Waals surface area contributed by atoms with Crippen LogP contribution in [0.25, 0.3) is 0 Å². The number of benzene rings is 2. The molecule has 0 aliphatic carbocycles. The molecule has 0 unspecified atom stereocenters. The molecule has 0 saturated heterocycles. The minimum absolute atomic E-state index is 0.220. The molecule has 8 heteroatoms. The molecule has 0 fully saturated rings. The maximum absolute atomic E-state index is 12.6. The Bertz CT molecular complexity index is 874. The summed E-state index contributed by atoms with van der Waals surface area (Å²) in [5.74, 6) is 0.143. The Morgan fingerprint density at radius 1 is 0.900 bits per heavy atom. The SMILES string of the molecule is CCCCCCOc1ccc(Br)cc1C(=O)NNC(=O)COc1ccc(Br)cc1C. The van der Waals surface area contributed by atoms with Crippen LogP contribution in [0.5, 0.6) is 11.5 Å². The van der Waals surface area contributed by atoms with Crippen molar-refractivity contribution in [1.29, 1.82) is 0 Å². The minimum Gasteiger partial charge on any atom is -0.493 e. The first-order valence-corrected chi connectivity index (χ1v) is 11.4. The Balaban J connectivity index is 1.87. The number of carbonyl (C=O) groups is 2. The third-order valence-corrected chi connectivity index (χ3v) is 5.24. The molecule has 0 spiro atoms. The predicted octanol–water partition coefficient (Wildman–Crippen LogP) is 5.32. The molecule has 0 radical (unpaired) electrons. The van der Waals surface area contributed by atoms with E-state index in [2.05, 4.69) is 49.6 Å². The van der Waals surface area contributed by atoms with E-state index in [1.165, 1.54) is 0 Å². The number of nitrogens with one attached hydrogen (secondary N) is 2. The van der Waals surface area contributed by atoms with Gasteiger partial charge in [0.25, 0.3) is 11.8 Å². The fraction of sp³-hybridized carbons (Fsp3) is 0.364. The number of ether oxygens (including phenoxy) is 2. The van der Waals surface area contributed by atoms with E-state index < -0.39 is 11.8 Å². The molecule has 162 valence electrons. The third kappa shape index (κ3) is 7.99. The Morgan fingerprint density at radius 2 is 1.60 bits per heavy atom. The topological polar surface area (TPSA) is 76.7 Å². The Kier molecular flexibility index (Phi) is 10.2. The van der Waals surface area contributed by atoms with Gasteiger partial charge in [0, 0.05) is 8.95 Å². The van der Waals surface area contributed by atoms with E-state index in [0.29, 0.717) is 23.7 Å². The van der Waals surface area contributed by atoms with Crippen molar-refractivity contribution in [2.75, 3.05) is 13.2 Å². The maximum atomic E-state index is 12.6. The van der Waals surface area contributed by atoms with Crippen molar-refractivity contribution in [2.45, 2.75) is 39.5 Å². The second-order valence-corrected chi connectivity index (χ2v) is 8.58. The van der Waals surface area contributed by atoms with Crippen LogP contribution < -0.4 is 20.3 Å². The molecule has 30 heavy (non-hydrogen) atoms. The number of halogens is 2. The highest BCUT2D eigenvalue weighted by atomic mass is 79.9. The van der Waals surface area contributed by atoms with E-state index in [-0.39, 0.29) is 6.61 Å². The zero-order valence-electron chi connectivity index (χ0n) is 17.1. The molecule has 2 N–H and O–H groups in total. The Labute approximate surface area is 193 Å². The zero-order valence-corrected chi connectivity index (χ0v) is 20.3. The second kappa shape index (κ2) is 12.6. The van der Waals surface area contributed by atoms with E-state index in [4.69, 9.17) is 9.47 Å². The van der Waals surface area contributed by atoms with Crippen LogP contribution in [0.2, 0.25) is 0 Å². The fourth-order valence-corrected chi connectivity index (χ4v) is 3.50. The summed E-state index contributed by atoms with van der Waals surface area (Å²) < 4.78 is 12.9. The highest BCUT2D eigenvalue weighted by molar-refractivity contribution is 9.10. The molecular weight excluding hydrogens is 516 g/mol. The molecule has 2 aromatic carbocycles. The average Bonchev–Trinajstić information content (AvgIpc) is 2.72. The number of unbranched alkanes of at least 4 members (excludes halogenated alkanes) is 3. The van der Waals surface area contributed by atoms with Crippen molar-refractivity contribution in [3.05, 3.63) is 56.5 Å². The minimum atomic E-state index is -0.470. The molecule has 0 aliphatic heterocycles. The van der Waals surface area contributed by atoms with Gasteiger partial charge in [-0.05, 0) is 55.3 Å². The first-order valence-electron chi connectivity index (χ1n) is 9.81. The molecule has 0 bridgehead atoms. The van der Waals surface area contributed by atoms with Gasteiger partial charge < -0.3 is 9.47 Å². The van der Waals surface area contributed by atoms with Crippen molar-refractivity contribution < 1.29 is 19.1 Å². The third-order valence-electron chi connectivity index (χ3n) is 4.25. The van der Waals surface area contributed by atoms with Crippen molar-refractivity contribution in [3.8, 4) is 11.5 Å². The summed E-state index contributed by atoms with van der Waals surface area (Å²) in [6, 6.07) is 10.7. The van der Waals surface area contributed by atoms with Crippen LogP contribution in [0.1, 0.15) is 48.5 Å². The predicted molar refractivity (Wildman–Crippen MR) is 124 cm³/mol. The maximum Gasteiger partial charge on any atom is 0.276 e. The molecular formula is C22H26Br2N2O4. The summed E-state index contributed by atoms with van der Waals surface area (Å²) in [5.41, 5.74) is 6.02. The van der Waals surface area contributed by atoms with Gasteiger partial charge in [-0.25, -0.2) is 0 Å². The highest BCUT2D eigenvalue weighted by Crippen LogP contribution is 2.24. The molecule has 0 atom stereocenters. The quantitative estimate of drug-likeness (QED) is 0.315. The van der Waals surface area contributed by atoms with Gasteiger partial charge in [-0.2, -0.15) is 0 Å².